The van der Waals surface area contributed by atoms with Crippen LogP contribution in [0.25, 0.3) is 0 Å². The van der Waals surface area contributed by atoms with Crippen LogP contribution in [-0.2, 0) is 0 Å². The zero-order valence-corrected chi connectivity index (χ0v) is 13.6. The molecule has 116 valence electrons. The van der Waals surface area contributed by atoms with E-state index in [-0.39, 0.29) is 6.04 Å². The maximum absolute atomic E-state index is 8.92. The van der Waals surface area contributed by atoms with Crippen molar-refractivity contribution in [3.8, 4) is 6.07 Å². The molecule has 0 fully saturated rings. The van der Waals surface area contributed by atoms with Crippen LogP contribution in [-0.4, -0.2) is 24.5 Å². The third kappa shape index (κ3) is 3.82. The van der Waals surface area contributed by atoms with Gasteiger partial charge in [-0.15, -0.1) is 0 Å². The number of nitriles is 1. The molecular formula is C17H20ClN3O. The Hall–Kier alpha value is -1.96. The van der Waals surface area contributed by atoms with Gasteiger partial charge >= 0.3 is 0 Å². The van der Waals surface area contributed by atoms with Gasteiger partial charge in [-0.3, -0.25) is 4.90 Å². The van der Waals surface area contributed by atoms with Gasteiger partial charge in [0.05, 0.1) is 22.9 Å². The second-order valence-electron chi connectivity index (χ2n) is 4.94. The van der Waals surface area contributed by atoms with E-state index in [1.807, 2.05) is 18.2 Å². The molecule has 0 amide bonds. The predicted octanol–water partition coefficient (Wildman–Crippen LogP) is 4.30. The molecule has 1 unspecified atom stereocenters. The van der Waals surface area contributed by atoms with Crippen molar-refractivity contribution in [3.05, 3.63) is 52.9 Å². The lowest BCUT2D eigenvalue weighted by Crippen LogP contribution is -2.32. The van der Waals surface area contributed by atoms with Crippen molar-refractivity contribution in [3.63, 3.8) is 0 Å². The Balaban J connectivity index is 2.11. The fourth-order valence-corrected chi connectivity index (χ4v) is 2.71. The SMILES string of the molecule is CCN(CC)C(CNc1ccc(C#N)c(Cl)c1)c1ccco1. The summed E-state index contributed by atoms with van der Waals surface area (Å²) in [6.07, 6.45) is 1.70. The van der Waals surface area contributed by atoms with Gasteiger partial charge in [0.15, 0.2) is 0 Å². The number of rotatable bonds is 7. The molecule has 4 nitrogen and oxygen atoms in total. The van der Waals surface area contributed by atoms with Gasteiger partial charge in [0.2, 0.25) is 0 Å². The van der Waals surface area contributed by atoms with Gasteiger partial charge in [0, 0.05) is 12.2 Å². The summed E-state index contributed by atoms with van der Waals surface area (Å²) in [5.41, 5.74) is 1.38. The van der Waals surface area contributed by atoms with Crippen molar-refractivity contribution in [1.29, 1.82) is 5.26 Å². The Bertz CT molecular complexity index is 630. The lowest BCUT2D eigenvalue weighted by atomic mass is 10.1. The van der Waals surface area contributed by atoms with Crippen molar-refractivity contribution in [2.45, 2.75) is 19.9 Å². The molecular weight excluding hydrogens is 298 g/mol. The smallest absolute Gasteiger partial charge is 0.122 e. The molecule has 5 heteroatoms. The van der Waals surface area contributed by atoms with Crippen LogP contribution in [0.1, 0.15) is 31.2 Å². The molecule has 0 aliphatic rings. The first-order chi connectivity index (χ1) is 10.7. The van der Waals surface area contributed by atoms with E-state index in [0.29, 0.717) is 17.1 Å². The molecule has 0 bridgehead atoms. The Morgan fingerprint density at radius 3 is 2.64 bits per heavy atom. The van der Waals surface area contributed by atoms with Gasteiger partial charge in [-0.05, 0) is 43.4 Å². The number of nitrogens with zero attached hydrogens (tertiary/aromatic N) is 2. The number of nitrogens with one attached hydrogen (secondary N) is 1. The zero-order valence-electron chi connectivity index (χ0n) is 12.8. The fourth-order valence-electron chi connectivity index (χ4n) is 2.49. The molecule has 0 spiro atoms. The van der Waals surface area contributed by atoms with E-state index in [0.717, 1.165) is 24.5 Å². The number of hydrogen-bond acceptors (Lipinski definition) is 4. The van der Waals surface area contributed by atoms with Crippen LogP contribution >= 0.6 is 11.6 Å². The van der Waals surface area contributed by atoms with Gasteiger partial charge in [0.25, 0.3) is 0 Å². The normalized spacial score (nSPS) is 12.1. The van der Waals surface area contributed by atoms with E-state index < -0.39 is 0 Å². The van der Waals surface area contributed by atoms with E-state index >= 15 is 0 Å². The number of hydrogen-bond donors (Lipinski definition) is 1. The standard InChI is InChI=1S/C17H20ClN3O/c1-3-21(4-2)16(17-6-5-9-22-17)12-20-14-8-7-13(11-19)15(18)10-14/h5-10,16,20H,3-4,12H2,1-2H3. The maximum Gasteiger partial charge on any atom is 0.122 e. The molecule has 22 heavy (non-hydrogen) atoms. The van der Waals surface area contributed by atoms with Crippen LogP contribution in [0.5, 0.6) is 0 Å². The number of furan rings is 1. The summed E-state index contributed by atoms with van der Waals surface area (Å²) in [5, 5.41) is 12.8. The van der Waals surface area contributed by atoms with E-state index in [1.165, 1.54) is 0 Å². The van der Waals surface area contributed by atoms with E-state index in [2.05, 4.69) is 30.1 Å². The van der Waals surface area contributed by atoms with Crippen molar-refractivity contribution in [2.75, 3.05) is 25.0 Å². The molecule has 1 aromatic heterocycles. The molecule has 1 aromatic carbocycles. The summed E-state index contributed by atoms with van der Waals surface area (Å²) in [6.45, 7) is 6.86. The topological polar surface area (TPSA) is 52.2 Å². The average Bonchev–Trinajstić information content (AvgIpc) is 3.05. The summed E-state index contributed by atoms with van der Waals surface area (Å²) < 4.78 is 5.58. The van der Waals surface area contributed by atoms with Crippen LogP contribution in [0, 0.1) is 11.3 Å². The van der Waals surface area contributed by atoms with Gasteiger partial charge < -0.3 is 9.73 Å². The van der Waals surface area contributed by atoms with Crippen LogP contribution in [0.4, 0.5) is 5.69 Å². The highest BCUT2D eigenvalue weighted by Crippen LogP contribution is 2.24. The second-order valence-corrected chi connectivity index (χ2v) is 5.35. The van der Waals surface area contributed by atoms with Crippen molar-refractivity contribution in [1.82, 2.24) is 4.90 Å². The van der Waals surface area contributed by atoms with Crippen LogP contribution in [0.15, 0.2) is 41.0 Å². The fraction of sp³-hybridized carbons (Fsp3) is 0.353. The molecule has 2 aromatic rings. The minimum Gasteiger partial charge on any atom is -0.468 e. The Morgan fingerprint density at radius 1 is 1.32 bits per heavy atom. The van der Waals surface area contributed by atoms with Crippen LogP contribution in [0.2, 0.25) is 5.02 Å². The highest BCUT2D eigenvalue weighted by Gasteiger charge is 2.20. The minimum absolute atomic E-state index is 0.152. The van der Waals surface area contributed by atoms with Gasteiger partial charge in [-0.1, -0.05) is 25.4 Å². The Kier molecular flexibility index (Phi) is 5.88. The van der Waals surface area contributed by atoms with Gasteiger partial charge in [-0.2, -0.15) is 5.26 Å². The average molecular weight is 318 g/mol. The number of likely N-dealkylation sites (N-methyl/N-ethyl adjacent to an activating group) is 1. The molecule has 2 rings (SSSR count). The van der Waals surface area contributed by atoms with Crippen molar-refractivity contribution >= 4 is 17.3 Å². The lowest BCUT2D eigenvalue weighted by molar-refractivity contribution is 0.202. The monoisotopic (exact) mass is 317 g/mol. The predicted molar refractivity (Wildman–Crippen MR) is 89.0 cm³/mol. The first-order valence-corrected chi connectivity index (χ1v) is 7.78. The Morgan fingerprint density at radius 2 is 2.09 bits per heavy atom. The van der Waals surface area contributed by atoms with Crippen molar-refractivity contribution in [2.24, 2.45) is 0 Å². The molecule has 0 saturated heterocycles. The molecule has 0 aliphatic heterocycles. The molecule has 0 aliphatic carbocycles. The molecule has 0 radical (unpaired) electrons. The van der Waals surface area contributed by atoms with Crippen LogP contribution in [0.3, 0.4) is 0 Å². The van der Waals surface area contributed by atoms with Gasteiger partial charge in [0.1, 0.15) is 11.8 Å². The quantitative estimate of drug-likeness (QED) is 0.827. The van der Waals surface area contributed by atoms with Crippen LogP contribution < -0.4 is 5.32 Å². The summed E-state index contributed by atoms with van der Waals surface area (Å²) in [5.74, 6) is 0.941. The molecule has 1 atom stereocenters. The summed E-state index contributed by atoms with van der Waals surface area (Å²) in [6, 6.07) is 11.5. The molecule has 1 heterocycles. The maximum atomic E-state index is 8.92. The summed E-state index contributed by atoms with van der Waals surface area (Å²) in [4.78, 5) is 2.33. The first kappa shape index (κ1) is 16.4. The highest BCUT2D eigenvalue weighted by atomic mass is 35.5. The number of benzene rings is 1. The number of halogens is 1. The summed E-state index contributed by atoms with van der Waals surface area (Å²) >= 11 is 6.07. The molecule has 1 N–H and O–H groups in total. The largest absolute Gasteiger partial charge is 0.468 e. The minimum atomic E-state index is 0.152. The molecule has 0 saturated carbocycles. The van der Waals surface area contributed by atoms with E-state index in [4.69, 9.17) is 21.3 Å². The number of anilines is 1. The lowest BCUT2D eigenvalue weighted by Gasteiger charge is -2.28. The first-order valence-electron chi connectivity index (χ1n) is 7.40. The van der Waals surface area contributed by atoms with Gasteiger partial charge in [-0.25, -0.2) is 0 Å². The third-order valence-electron chi connectivity index (χ3n) is 3.71. The summed E-state index contributed by atoms with van der Waals surface area (Å²) in [7, 11) is 0. The van der Waals surface area contributed by atoms with E-state index in [1.54, 1.807) is 18.4 Å². The van der Waals surface area contributed by atoms with Crippen molar-refractivity contribution < 1.29 is 4.42 Å². The third-order valence-corrected chi connectivity index (χ3v) is 4.03. The second kappa shape index (κ2) is 7.88. The Labute approximate surface area is 136 Å². The zero-order chi connectivity index (χ0) is 15.9. The van der Waals surface area contributed by atoms with E-state index in [9.17, 15) is 0 Å². The highest BCUT2D eigenvalue weighted by molar-refractivity contribution is 6.32.